The molecule has 2 rings (SSSR count). The Kier molecular flexibility index (Phi) is 5.31. The molecule has 0 saturated carbocycles. The zero-order chi connectivity index (χ0) is 17.1. The van der Waals surface area contributed by atoms with Crippen molar-refractivity contribution in [3.63, 3.8) is 0 Å². The lowest BCUT2D eigenvalue weighted by Gasteiger charge is -2.15. The summed E-state index contributed by atoms with van der Waals surface area (Å²) in [6, 6.07) is 4.64. The SMILES string of the molecule is C=CC(=O)Oc1c(Cl)c(Cl)c(OC(=O)C=C)c2cc(Cl)ccc12. The van der Waals surface area contributed by atoms with Crippen LogP contribution in [-0.2, 0) is 9.59 Å². The van der Waals surface area contributed by atoms with Crippen LogP contribution >= 0.6 is 34.8 Å². The zero-order valence-corrected chi connectivity index (χ0v) is 13.8. The van der Waals surface area contributed by atoms with Crippen molar-refractivity contribution in [1.82, 2.24) is 0 Å². The van der Waals surface area contributed by atoms with Crippen molar-refractivity contribution in [2.45, 2.75) is 0 Å². The molecule has 2 aromatic rings. The molecule has 0 spiro atoms. The molecule has 2 aromatic carbocycles. The molecule has 0 amide bonds. The van der Waals surface area contributed by atoms with Crippen LogP contribution in [0.25, 0.3) is 10.8 Å². The van der Waals surface area contributed by atoms with Crippen LogP contribution in [-0.4, -0.2) is 11.9 Å². The molecule has 0 fully saturated rings. The van der Waals surface area contributed by atoms with Crippen LogP contribution in [0.15, 0.2) is 43.5 Å². The van der Waals surface area contributed by atoms with Gasteiger partial charge in [0.05, 0.1) is 0 Å². The van der Waals surface area contributed by atoms with Gasteiger partial charge in [0.25, 0.3) is 0 Å². The van der Waals surface area contributed by atoms with Gasteiger partial charge in [-0.1, -0.05) is 48.0 Å². The first-order chi connectivity index (χ1) is 10.9. The molecule has 118 valence electrons. The van der Waals surface area contributed by atoms with E-state index in [-0.39, 0.29) is 21.5 Å². The lowest BCUT2D eigenvalue weighted by molar-refractivity contribution is -0.129. The number of benzene rings is 2. The van der Waals surface area contributed by atoms with E-state index in [0.29, 0.717) is 15.8 Å². The molecule has 4 nitrogen and oxygen atoms in total. The average molecular weight is 372 g/mol. The molecule has 0 aliphatic carbocycles. The van der Waals surface area contributed by atoms with Crippen molar-refractivity contribution in [2.24, 2.45) is 0 Å². The lowest BCUT2D eigenvalue weighted by Crippen LogP contribution is -2.07. The topological polar surface area (TPSA) is 52.6 Å². The third kappa shape index (κ3) is 3.50. The van der Waals surface area contributed by atoms with Gasteiger partial charge in [0.15, 0.2) is 11.5 Å². The predicted molar refractivity (Wildman–Crippen MR) is 90.6 cm³/mol. The molecular weight excluding hydrogens is 363 g/mol. The van der Waals surface area contributed by atoms with Crippen LogP contribution in [0.1, 0.15) is 0 Å². The van der Waals surface area contributed by atoms with Gasteiger partial charge in [-0.05, 0) is 18.2 Å². The second kappa shape index (κ2) is 7.04. The minimum absolute atomic E-state index is 0.00234. The van der Waals surface area contributed by atoms with E-state index >= 15 is 0 Å². The number of esters is 2. The first-order valence-electron chi connectivity index (χ1n) is 6.17. The first-order valence-corrected chi connectivity index (χ1v) is 7.31. The number of halogens is 3. The lowest BCUT2D eigenvalue weighted by atomic mass is 10.1. The molecule has 0 heterocycles. The number of carbonyl (C=O) groups excluding carboxylic acids is 2. The Hall–Kier alpha value is -2.01. The van der Waals surface area contributed by atoms with Gasteiger partial charge in [-0.25, -0.2) is 9.59 Å². The fourth-order valence-electron chi connectivity index (χ4n) is 1.82. The van der Waals surface area contributed by atoms with Crippen LogP contribution in [0, 0.1) is 0 Å². The summed E-state index contributed by atoms with van der Waals surface area (Å²) in [5.41, 5.74) is 0. The van der Waals surface area contributed by atoms with E-state index in [1.165, 1.54) is 6.07 Å². The summed E-state index contributed by atoms with van der Waals surface area (Å²) in [6.45, 7) is 6.64. The summed E-state index contributed by atoms with van der Waals surface area (Å²) in [5.74, 6) is -1.42. The van der Waals surface area contributed by atoms with Gasteiger partial charge < -0.3 is 9.47 Å². The Labute approximate surface area is 146 Å². The summed E-state index contributed by atoms with van der Waals surface area (Å²) < 4.78 is 10.3. The van der Waals surface area contributed by atoms with Crippen molar-refractivity contribution in [3.05, 3.63) is 58.6 Å². The number of hydrogen-bond acceptors (Lipinski definition) is 4. The Morgan fingerprint density at radius 2 is 1.35 bits per heavy atom. The zero-order valence-electron chi connectivity index (χ0n) is 11.6. The summed E-state index contributed by atoms with van der Waals surface area (Å²) in [4.78, 5) is 23.0. The highest BCUT2D eigenvalue weighted by atomic mass is 35.5. The predicted octanol–water partition coefficient (Wildman–Crippen LogP) is 4.98. The largest absolute Gasteiger partial charge is 0.421 e. The number of rotatable bonds is 4. The van der Waals surface area contributed by atoms with Gasteiger partial charge in [0.2, 0.25) is 0 Å². The highest BCUT2D eigenvalue weighted by Gasteiger charge is 2.22. The molecule has 0 radical (unpaired) electrons. The van der Waals surface area contributed by atoms with Crippen LogP contribution in [0.5, 0.6) is 11.5 Å². The molecule has 0 saturated heterocycles. The fraction of sp³-hybridized carbons (Fsp3) is 0. The van der Waals surface area contributed by atoms with E-state index in [2.05, 4.69) is 13.2 Å². The quantitative estimate of drug-likeness (QED) is 0.432. The molecule has 23 heavy (non-hydrogen) atoms. The van der Waals surface area contributed by atoms with E-state index < -0.39 is 11.9 Å². The van der Waals surface area contributed by atoms with Crippen LogP contribution in [0.4, 0.5) is 0 Å². The number of ether oxygens (including phenoxy) is 2. The molecule has 0 atom stereocenters. The minimum Gasteiger partial charge on any atom is -0.421 e. The van der Waals surface area contributed by atoms with Gasteiger partial charge in [0, 0.05) is 27.9 Å². The minimum atomic E-state index is -0.722. The smallest absolute Gasteiger partial charge is 0.335 e. The average Bonchev–Trinajstić information content (AvgIpc) is 2.55. The second-order valence-corrected chi connectivity index (χ2v) is 5.42. The molecule has 0 N–H and O–H groups in total. The monoisotopic (exact) mass is 370 g/mol. The highest BCUT2D eigenvalue weighted by molar-refractivity contribution is 6.46. The van der Waals surface area contributed by atoms with E-state index in [1.807, 2.05) is 0 Å². The normalized spacial score (nSPS) is 10.2. The molecule has 0 bridgehead atoms. The van der Waals surface area contributed by atoms with E-state index in [4.69, 9.17) is 44.3 Å². The molecular formula is C16H9Cl3O4. The van der Waals surface area contributed by atoms with Crippen molar-refractivity contribution < 1.29 is 19.1 Å². The van der Waals surface area contributed by atoms with Gasteiger partial charge >= 0.3 is 11.9 Å². The van der Waals surface area contributed by atoms with E-state index in [0.717, 1.165) is 12.2 Å². The summed E-state index contributed by atoms with van der Waals surface area (Å²) >= 11 is 18.3. The van der Waals surface area contributed by atoms with Gasteiger partial charge in [-0.15, -0.1) is 0 Å². The number of hydrogen-bond donors (Lipinski definition) is 0. The maximum atomic E-state index is 11.5. The summed E-state index contributed by atoms with van der Waals surface area (Å²) in [6.07, 6.45) is 1.96. The highest BCUT2D eigenvalue weighted by Crippen LogP contribution is 2.47. The van der Waals surface area contributed by atoms with Crippen LogP contribution < -0.4 is 9.47 Å². The third-order valence-corrected chi connectivity index (χ3v) is 3.85. The molecule has 0 aliphatic rings. The third-order valence-electron chi connectivity index (χ3n) is 2.80. The van der Waals surface area contributed by atoms with E-state index in [1.54, 1.807) is 12.1 Å². The van der Waals surface area contributed by atoms with Gasteiger partial charge in [-0.3, -0.25) is 0 Å². The van der Waals surface area contributed by atoms with Crippen LogP contribution in [0.2, 0.25) is 15.1 Å². The maximum Gasteiger partial charge on any atom is 0.335 e. The summed E-state index contributed by atoms with van der Waals surface area (Å²) in [5, 5.41) is 0.944. The second-order valence-electron chi connectivity index (χ2n) is 4.23. The van der Waals surface area contributed by atoms with Gasteiger partial charge in [0.1, 0.15) is 10.0 Å². The standard InChI is InChI=1S/C16H9Cl3O4/c1-3-11(20)22-15-9-6-5-8(17)7-10(9)16(14(19)13(15)18)23-12(21)4-2/h3-7H,1-2H2. The Morgan fingerprint density at radius 1 is 0.870 bits per heavy atom. The van der Waals surface area contributed by atoms with Crippen molar-refractivity contribution >= 4 is 57.5 Å². The van der Waals surface area contributed by atoms with Crippen molar-refractivity contribution in [1.29, 1.82) is 0 Å². The summed E-state index contributed by atoms with van der Waals surface area (Å²) in [7, 11) is 0. The maximum absolute atomic E-state index is 11.5. The fourth-order valence-corrected chi connectivity index (χ4v) is 2.45. The van der Waals surface area contributed by atoms with Crippen molar-refractivity contribution in [2.75, 3.05) is 0 Å². The van der Waals surface area contributed by atoms with Crippen LogP contribution in [0.3, 0.4) is 0 Å². The van der Waals surface area contributed by atoms with Gasteiger partial charge in [-0.2, -0.15) is 0 Å². The Morgan fingerprint density at radius 3 is 1.83 bits per heavy atom. The number of carbonyl (C=O) groups is 2. The van der Waals surface area contributed by atoms with E-state index in [9.17, 15) is 9.59 Å². The first kappa shape index (κ1) is 17.3. The molecule has 0 aliphatic heterocycles. The molecule has 0 aromatic heterocycles. The molecule has 7 heteroatoms. The Balaban J connectivity index is 2.80. The van der Waals surface area contributed by atoms with Crippen molar-refractivity contribution in [3.8, 4) is 11.5 Å². The molecule has 0 unspecified atom stereocenters. The number of fused-ring (bicyclic) bond motifs is 1. The Bertz CT molecular complexity index is 843.